The number of hydrogen-bond acceptors (Lipinski definition) is 4. The first kappa shape index (κ1) is 15.5. The van der Waals surface area contributed by atoms with Gasteiger partial charge >= 0.3 is 0 Å². The van der Waals surface area contributed by atoms with E-state index in [1.54, 1.807) is 4.90 Å². The van der Waals surface area contributed by atoms with Crippen molar-refractivity contribution >= 4 is 34.2 Å². The van der Waals surface area contributed by atoms with Crippen molar-refractivity contribution in [3.63, 3.8) is 0 Å². The zero-order chi connectivity index (χ0) is 15.4. The fourth-order valence-corrected chi connectivity index (χ4v) is 2.41. The van der Waals surface area contributed by atoms with Crippen LogP contribution in [0.3, 0.4) is 0 Å². The lowest BCUT2D eigenvalue weighted by Crippen LogP contribution is -2.41. The van der Waals surface area contributed by atoms with Gasteiger partial charge in [0.25, 0.3) is 0 Å². The standard InChI is InChI=1S/C15H19ClN4O/c1-4-20(5-2)14(21)10(3)17-13-11-8-6-7-9-12(11)18-15(16)19-13/h6-10H,4-5H2,1-3H3,(H,17,18,19). The molecule has 0 bridgehead atoms. The van der Waals surface area contributed by atoms with Crippen molar-refractivity contribution in [3.8, 4) is 0 Å². The summed E-state index contributed by atoms with van der Waals surface area (Å²) < 4.78 is 0. The number of para-hydroxylation sites is 1. The van der Waals surface area contributed by atoms with E-state index in [1.807, 2.05) is 45.0 Å². The van der Waals surface area contributed by atoms with Crippen molar-refractivity contribution in [2.45, 2.75) is 26.8 Å². The van der Waals surface area contributed by atoms with Gasteiger partial charge in [0.2, 0.25) is 11.2 Å². The van der Waals surface area contributed by atoms with Gasteiger partial charge < -0.3 is 10.2 Å². The molecule has 1 N–H and O–H groups in total. The van der Waals surface area contributed by atoms with Crippen LogP contribution in [0, 0.1) is 0 Å². The molecule has 112 valence electrons. The van der Waals surface area contributed by atoms with Gasteiger partial charge in [-0.15, -0.1) is 0 Å². The lowest BCUT2D eigenvalue weighted by Gasteiger charge is -2.24. The summed E-state index contributed by atoms with van der Waals surface area (Å²) in [6.07, 6.45) is 0. The minimum absolute atomic E-state index is 0.0406. The highest BCUT2D eigenvalue weighted by Gasteiger charge is 2.19. The van der Waals surface area contributed by atoms with E-state index < -0.39 is 0 Å². The summed E-state index contributed by atoms with van der Waals surface area (Å²) in [6, 6.07) is 7.19. The number of anilines is 1. The summed E-state index contributed by atoms with van der Waals surface area (Å²) in [7, 11) is 0. The van der Waals surface area contributed by atoms with Crippen LogP contribution < -0.4 is 5.32 Å². The Hall–Kier alpha value is -1.88. The molecule has 1 aromatic heterocycles. The van der Waals surface area contributed by atoms with Gasteiger partial charge in [0.05, 0.1) is 5.52 Å². The van der Waals surface area contributed by atoms with Crippen molar-refractivity contribution in [1.29, 1.82) is 0 Å². The number of halogens is 1. The topological polar surface area (TPSA) is 58.1 Å². The zero-order valence-electron chi connectivity index (χ0n) is 12.4. The first-order valence-corrected chi connectivity index (χ1v) is 7.42. The highest BCUT2D eigenvalue weighted by Crippen LogP contribution is 2.22. The molecule has 0 aliphatic heterocycles. The maximum atomic E-state index is 12.3. The maximum absolute atomic E-state index is 12.3. The van der Waals surface area contributed by atoms with Gasteiger partial charge in [0, 0.05) is 18.5 Å². The van der Waals surface area contributed by atoms with E-state index in [4.69, 9.17) is 11.6 Å². The highest BCUT2D eigenvalue weighted by atomic mass is 35.5. The number of amides is 1. The Kier molecular flexibility index (Phi) is 4.96. The molecule has 6 heteroatoms. The number of nitrogens with zero attached hydrogens (tertiary/aromatic N) is 3. The fourth-order valence-electron chi connectivity index (χ4n) is 2.23. The van der Waals surface area contributed by atoms with Crippen LogP contribution in [-0.4, -0.2) is 39.9 Å². The molecule has 0 aliphatic rings. The van der Waals surface area contributed by atoms with Crippen molar-refractivity contribution in [1.82, 2.24) is 14.9 Å². The Morgan fingerprint density at radius 2 is 1.95 bits per heavy atom. The molecule has 0 radical (unpaired) electrons. The number of carbonyl (C=O) groups excluding carboxylic acids is 1. The lowest BCUT2D eigenvalue weighted by molar-refractivity contribution is -0.131. The van der Waals surface area contributed by atoms with Gasteiger partial charge in [-0.05, 0) is 44.5 Å². The largest absolute Gasteiger partial charge is 0.358 e. The summed E-state index contributed by atoms with van der Waals surface area (Å²) in [4.78, 5) is 22.5. The molecule has 1 aromatic carbocycles. The van der Waals surface area contributed by atoms with Gasteiger partial charge in [-0.25, -0.2) is 9.97 Å². The molecule has 0 saturated carbocycles. The zero-order valence-corrected chi connectivity index (χ0v) is 13.2. The number of hydrogen-bond donors (Lipinski definition) is 1. The van der Waals surface area contributed by atoms with E-state index in [-0.39, 0.29) is 17.2 Å². The van der Waals surface area contributed by atoms with E-state index in [0.717, 1.165) is 10.9 Å². The fraction of sp³-hybridized carbons (Fsp3) is 0.400. The van der Waals surface area contributed by atoms with Gasteiger partial charge in [-0.1, -0.05) is 12.1 Å². The Morgan fingerprint density at radius 1 is 1.29 bits per heavy atom. The normalized spacial score (nSPS) is 12.2. The first-order valence-electron chi connectivity index (χ1n) is 7.04. The number of fused-ring (bicyclic) bond motifs is 1. The molecule has 0 fully saturated rings. The summed E-state index contributed by atoms with van der Waals surface area (Å²) in [5.41, 5.74) is 0.752. The van der Waals surface area contributed by atoms with Crippen LogP contribution in [0.5, 0.6) is 0 Å². The summed E-state index contributed by atoms with van der Waals surface area (Å²) >= 11 is 5.95. The quantitative estimate of drug-likeness (QED) is 0.863. The molecule has 1 heterocycles. The second-order valence-corrected chi connectivity index (χ2v) is 5.07. The number of likely N-dealkylation sites (N-methyl/N-ethyl adjacent to an activating group) is 1. The van der Waals surface area contributed by atoms with E-state index in [0.29, 0.717) is 18.9 Å². The van der Waals surface area contributed by atoms with E-state index >= 15 is 0 Å². The SMILES string of the molecule is CCN(CC)C(=O)C(C)Nc1nc(Cl)nc2ccccc12. The van der Waals surface area contributed by atoms with Crippen molar-refractivity contribution in [3.05, 3.63) is 29.5 Å². The molecule has 5 nitrogen and oxygen atoms in total. The number of carbonyl (C=O) groups is 1. The molecule has 1 amide bonds. The molecule has 0 saturated heterocycles. The van der Waals surface area contributed by atoms with Gasteiger partial charge in [0.1, 0.15) is 11.9 Å². The molecule has 0 spiro atoms. The van der Waals surface area contributed by atoms with Crippen LogP contribution >= 0.6 is 11.6 Å². The second kappa shape index (κ2) is 6.72. The van der Waals surface area contributed by atoms with Gasteiger partial charge in [-0.3, -0.25) is 4.79 Å². The van der Waals surface area contributed by atoms with Gasteiger partial charge in [-0.2, -0.15) is 0 Å². The predicted molar refractivity (Wildman–Crippen MR) is 85.6 cm³/mol. The lowest BCUT2D eigenvalue weighted by atomic mass is 10.2. The van der Waals surface area contributed by atoms with Gasteiger partial charge in [0.15, 0.2) is 0 Å². The highest BCUT2D eigenvalue weighted by molar-refractivity contribution is 6.28. The Labute approximate surface area is 129 Å². The smallest absolute Gasteiger partial charge is 0.244 e. The second-order valence-electron chi connectivity index (χ2n) is 4.73. The summed E-state index contributed by atoms with van der Waals surface area (Å²) in [6.45, 7) is 7.13. The maximum Gasteiger partial charge on any atom is 0.244 e. The van der Waals surface area contributed by atoms with Crippen LogP contribution in [-0.2, 0) is 4.79 Å². The van der Waals surface area contributed by atoms with Crippen LogP contribution in [0.4, 0.5) is 5.82 Å². The molecule has 21 heavy (non-hydrogen) atoms. The number of aromatic nitrogens is 2. The molecule has 0 aliphatic carbocycles. The predicted octanol–water partition coefficient (Wildman–Crippen LogP) is 2.95. The van der Waals surface area contributed by atoms with Crippen molar-refractivity contribution in [2.75, 3.05) is 18.4 Å². The van der Waals surface area contributed by atoms with Crippen LogP contribution in [0.2, 0.25) is 5.28 Å². The average molecular weight is 307 g/mol. The number of rotatable bonds is 5. The summed E-state index contributed by atoms with van der Waals surface area (Å²) in [5, 5.41) is 4.16. The molecule has 2 aromatic rings. The van der Waals surface area contributed by atoms with E-state index in [9.17, 15) is 4.79 Å². The molecular formula is C15H19ClN4O. The summed E-state index contributed by atoms with van der Waals surface area (Å²) in [5.74, 6) is 0.623. The Morgan fingerprint density at radius 3 is 2.62 bits per heavy atom. The molecule has 1 atom stereocenters. The average Bonchev–Trinajstić information content (AvgIpc) is 2.48. The molecular weight excluding hydrogens is 288 g/mol. The minimum atomic E-state index is -0.376. The van der Waals surface area contributed by atoms with Crippen LogP contribution in [0.1, 0.15) is 20.8 Å². The molecule has 2 rings (SSSR count). The number of benzene rings is 1. The van der Waals surface area contributed by atoms with Crippen molar-refractivity contribution < 1.29 is 4.79 Å². The van der Waals surface area contributed by atoms with E-state index in [2.05, 4.69) is 15.3 Å². The molecule has 1 unspecified atom stereocenters. The third-order valence-corrected chi connectivity index (χ3v) is 3.54. The Bertz CT molecular complexity index is 643. The first-order chi connectivity index (χ1) is 10.1. The third kappa shape index (κ3) is 3.42. The number of nitrogens with one attached hydrogen (secondary N) is 1. The van der Waals surface area contributed by atoms with E-state index in [1.165, 1.54) is 0 Å². The van der Waals surface area contributed by atoms with Crippen molar-refractivity contribution in [2.24, 2.45) is 0 Å². The van der Waals surface area contributed by atoms with Crippen LogP contribution in [0.25, 0.3) is 10.9 Å². The minimum Gasteiger partial charge on any atom is -0.358 e. The monoisotopic (exact) mass is 306 g/mol. The third-order valence-electron chi connectivity index (χ3n) is 3.37. The van der Waals surface area contributed by atoms with Crippen LogP contribution in [0.15, 0.2) is 24.3 Å². The Balaban J connectivity index is 2.29.